The van der Waals surface area contributed by atoms with Gasteiger partial charge in [-0.3, -0.25) is 4.79 Å². The van der Waals surface area contributed by atoms with E-state index in [-0.39, 0.29) is 18.5 Å². The molecule has 0 saturated carbocycles. The lowest BCUT2D eigenvalue weighted by atomic mass is 10.1. The molecule has 0 fully saturated rings. The summed E-state index contributed by atoms with van der Waals surface area (Å²) >= 11 is 0. The fourth-order valence-electron chi connectivity index (χ4n) is 2.91. The number of nitrogens with zero attached hydrogens (tertiary/aromatic N) is 2. The molecule has 0 atom stereocenters. The predicted octanol–water partition coefficient (Wildman–Crippen LogP) is 3.31. The minimum atomic E-state index is -0.396. The van der Waals surface area contributed by atoms with E-state index in [9.17, 15) is 9.59 Å². The molecule has 7 nitrogen and oxygen atoms in total. The lowest BCUT2D eigenvalue weighted by molar-refractivity contribution is -0.132. The number of amides is 3. The number of ether oxygens (including phenoxy) is 1. The highest BCUT2D eigenvalue weighted by Gasteiger charge is 2.24. The summed E-state index contributed by atoms with van der Waals surface area (Å²) in [5, 5.41) is 2.92. The number of nitrogens with one attached hydrogen (secondary N) is 1. The van der Waals surface area contributed by atoms with Crippen LogP contribution in [0.25, 0.3) is 0 Å². The first-order valence-electron chi connectivity index (χ1n) is 10.2. The molecule has 0 aliphatic heterocycles. The van der Waals surface area contributed by atoms with E-state index in [1.165, 1.54) is 4.90 Å². The van der Waals surface area contributed by atoms with Gasteiger partial charge in [-0.25, -0.2) is 4.79 Å². The molecule has 0 aliphatic carbocycles. The molecule has 0 saturated heterocycles. The van der Waals surface area contributed by atoms with Crippen molar-refractivity contribution < 1.29 is 18.7 Å². The van der Waals surface area contributed by atoms with Gasteiger partial charge < -0.3 is 24.3 Å². The molecule has 0 bridgehead atoms. The van der Waals surface area contributed by atoms with Gasteiger partial charge >= 0.3 is 6.03 Å². The largest absolute Gasteiger partial charge is 0.467 e. The van der Waals surface area contributed by atoms with E-state index in [2.05, 4.69) is 5.32 Å². The average molecular weight is 416 g/mol. The van der Waals surface area contributed by atoms with E-state index >= 15 is 0 Å². The first kappa shape index (κ1) is 23.5. The Labute approximate surface area is 179 Å². The van der Waals surface area contributed by atoms with Gasteiger partial charge in [-0.1, -0.05) is 30.3 Å². The molecular weight excluding hydrogens is 382 g/mol. The van der Waals surface area contributed by atoms with Crippen molar-refractivity contribution in [3.8, 4) is 0 Å². The Balaban J connectivity index is 2.09. The fourth-order valence-corrected chi connectivity index (χ4v) is 2.91. The van der Waals surface area contributed by atoms with Crippen molar-refractivity contribution in [2.24, 2.45) is 0 Å². The van der Waals surface area contributed by atoms with Crippen molar-refractivity contribution in [2.45, 2.75) is 39.3 Å². The topological polar surface area (TPSA) is 75.0 Å². The van der Waals surface area contributed by atoms with E-state index in [1.54, 1.807) is 24.3 Å². The molecule has 164 valence electrons. The van der Waals surface area contributed by atoms with Crippen LogP contribution in [0.15, 0.2) is 53.1 Å². The summed E-state index contributed by atoms with van der Waals surface area (Å²) < 4.78 is 10.6. The summed E-state index contributed by atoms with van der Waals surface area (Å²) in [6.45, 7) is 7.27. The van der Waals surface area contributed by atoms with Crippen molar-refractivity contribution >= 4 is 11.9 Å². The molecule has 1 aromatic carbocycles. The van der Waals surface area contributed by atoms with Gasteiger partial charge in [0, 0.05) is 25.7 Å². The second-order valence-corrected chi connectivity index (χ2v) is 8.22. The van der Waals surface area contributed by atoms with Crippen molar-refractivity contribution in [3.05, 3.63) is 60.1 Å². The molecular formula is C23H33N3O4. The van der Waals surface area contributed by atoms with E-state index in [1.807, 2.05) is 57.2 Å². The number of methoxy groups -OCH3 is 1. The van der Waals surface area contributed by atoms with Gasteiger partial charge in [-0.05, 0) is 44.9 Å². The summed E-state index contributed by atoms with van der Waals surface area (Å²) in [6, 6.07) is 13.4. The molecule has 3 amide bonds. The molecule has 1 heterocycles. The molecule has 0 unspecified atom stereocenters. The van der Waals surface area contributed by atoms with Crippen molar-refractivity contribution in [2.75, 3.05) is 33.4 Å². The van der Waals surface area contributed by atoms with E-state index in [0.717, 1.165) is 12.0 Å². The molecule has 1 N–H and O–H groups in total. The van der Waals surface area contributed by atoms with E-state index in [0.29, 0.717) is 32.0 Å². The van der Waals surface area contributed by atoms with Crippen LogP contribution in [0.3, 0.4) is 0 Å². The van der Waals surface area contributed by atoms with Gasteiger partial charge in [-0.15, -0.1) is 0 Å². The van der Waals surface area contributed by atoms with Crippen LogP contribution in [-0.4, -0.2) is 60.6 Å². The summed E-state index contributed by atoms with van der Waals surface area (Å²) in [4.78, 5) is 29.1. The van der Waals surface area contributed by atoms with Crippen LogP contribution in [0.2, 0.25) is 0 Å². The molecule has 7 heteroatoms. The van der Waals surface area contributed by atoms with E-state index in [4.69, 9.17) is 9.15 Å². The molecule has 2 rings (SSSR count). The van der Waals surface area contributed by atoms with Crippen molar-refractivity contribution in [1.82, 2.24) is 15.1 Å². The Hall–Kier alpha value is -2.80. The Morgan fingerprint density at radius 1 is 1.03 bits per heavy atom. The zero-order chi connectivity index (χ0) is 22.0. The van der Waals surface area contributed by atoms with Crippen molar-refractivity contribution in [1.29, 1.82) is 0 Å². The van der Waals surface area contributed by atoms with Gasteiger partial charge in [0.1, 0.15) is 12.3 Å². The number of hydrogen-bond donors (Lipinski definition) is 1. The minimum absolute atomic E-state index is 0.0270. The van der Waals surface area contributed by atoms with Gasteiger partial charge in [0.25, 0.3) is 0 Å². The molecule has 0 aliphatic rings. The first-order chi connectivity index (χ1) is 14.3. The maximum Gasteiger partial charge on any atom is 0.318 e. The Kier molecular flexibility index (Phi) is 8.92. The monoisotopic (exact) mass is 415 g/mol. The Morgan fingerprint density at radius 3 is 2.37 bits per heavy atom. The van der Waals surface area contributed by atoms with Gasteiger partial charge in [0.2, 0.25) is 5.91 Å². The van der Waals surface area contributed by atoms with Crippen LogP contribution >= 0.6 is 0 Å². The zero-order valence-electron chi connectivity index (χ0n) is 18.4. The smallest absolute Gasteiger partial charge is 0.318 e. The van der Waals surface area contributed by atoms with Crippen molar-refractivity contribution in [3.63, 3.8) is 0 Å². The summed E-state index contributed by atoms with van der Waals surface area (Å²) in [6.07, 6.45) is 2.32. The van der Waals surface area contributed by atoms with Crippen LogP contribution in [0, 0.1) is 0 Å². The number of furan rings is 1. The zero-order valence-corrected chi connectivity index (χ0v) is 18.4. The highest BCUT2D eigenvalue weighted by molar-refractivity contribution is 5.84. The van der Waals surface area contributed by atoms with Crippen LogP contribution in [0.4, 0.5) is 4.79 Å². The standard InChI is InChI=1S/C23H33N3O4/c1-23(2,3)24-22(28)26(14-16-29-4)18-21(27)25(17-20-11-8-15-30-20)13-12-19-9-6-5-7-10-19/h5-11,15H,12-14,16-18H2,1-4H3,(H,24,28). The average Bonchev–Trinajstić information content (AvgIpc) is 3.20. The SMILES string of the molecule is COCCN(CC(=O)N(CCc1ccccc1)Cc1ccco1)C(=O)NC(C)(C)C. The number of hydrogen-bond acceptors (Lipinski definition) is 4. The number of rotatable bonds is 10. The van der Waals surface area contributed by atoms with Gasteiger partial charge in [0.15, 0.2) is 0 Å². The predicted molar refractivity (Wildman–Crippen MR) is 116 cm³/mol. The molecule has 2 aromatic rings. The maximum atomic E-state index is 13.2. The van der Waals surface area contributed by atoms with E-state index < -0.39 is 5.54 Å². The fraction of sp³-hybridized carbons (Fsp3) is 0.478. The number of carbonyl (C=O) groups excluding carboxylic acids is 2. The molecule has 0 spiro atoms. The third-order valence-corrected chi connectivity index (χ3v) is 4.45. The second kappa shape index (κ2) is 11.4. The van der Waals surface area contributed by atoms with Crippen LogP contribution < -0.4 is 5.32 Å². The maximum absolute atomic E-state index is 13.2. The quantitative estimate of drug-likeness (QED) is 0.646. The highest BCUT2D eigenvalue weighted by Crippen LogP contribution is 2.10. The normalized spacial score (nSPS) is 11.2. The highest BCUT2D eigenvalue weighted by atomic mass is 16.5. The number of benzene rings is 1. The third kappa shape index (κ3) is 8.29. The Morgan fingerprint density at radius 2 is 1.77 bits per heavy atom. The number of urea groups is 1. The van der Waals surface area contributed by atoms with Crippen LogP contribution in [-0.2, 0) is 22.5 Å². The molecule has 0 radical (unpaired) electrons. The van der Waals surface area contributed by atoms with Crippen LogP contribution in [0.5, 0.6) is 0 Å². The van der Waals surface area contributed by atoms with Crippen LogP contribution in [0.1, 0.15) is 32.1 Å². The first-order valence-corrected chi connectivity index (χ1v) is 10.2. The minimum Gasteiger partial charge on any atom is -0.467 e. The lowest BCUT2D eigenvalue weighted by Gasteiger charge is -2.30. The second-order valence-electron chi connectivity index (χ2n) is 8.22. The summed E-state index contributed by atoms with van der Waals surface area (Å²) in [5.74, 6) is 0.571. The number of carbonyl (C=O) groups is 2. The summed E-state index contributed by atoms with van der Waals surface area (Å²) in [7, 11) is 1.57. The van der Waals surface area contributed by atoms with Gasteiger partial charge in [0.05, 0.1) is 19.4 Å². The Bertz CT molecular complexity index is 770. The summed E-state index contributed by atoms with van der Waals surface area (Å²) in [5.41, 5.74) is 0.753. The molecule has 30 heavy (non-hydrogen) atoms. The lowest BCUT2D eigenvalue weighted by Crippen LogP contribution is -2.52. The third-order valence-electron chi connectivity index (χ3n) is 4.45. The molecule has 1 aromatic heterocycles. The van der Waals surface area contributed by atoms with Gasteiger partial charge in [-0.2, -0.15) is 0 Å².